The molecule has 0 aliphatic rings. The molecule has 0 radical (unpaired) electrons. The maximum atomic E-state index is 13.1. The summed E-state index contributed by atoms with van der Waals surface area (Å²) in [6.07, 6.45) is 2.06. The van der Waals surface area contributed by atoms with E-state index in [1.54, 1.807) is 17.4 Å². The SMILES string of the molecule is CCCNC(CC)c1nnc(-c2ccc(F)cc2Br)s1. The molecule has 0 amide bonds. The predicted octanol–water partition coefficient (Wildman–Crippen LogP) is 4.56. The Balaban J connectivity index is 2.23. The van der Waals surface area contributed by atoms with Crippen LogP contribution in [0.3, 0.4) is 0 Å². The quantitative estimate of drug-likeness (QED) is 0.823. The normalized spacial score (nSPS) is 12.6. The van der Waals surface area contributed by atoms with Crippen LogP contribution in [0, 0.1) is 5.82 Å². The van der Waals surface area contributed by atoms with Gasteiger partial charge in [0.2, 0.25) is 0 Å². The van der Waals surface area contributed by atoms with Gasteiger partial charge < -0.3 is 5.32 Å². The predicted molar refractivity (Wildman–Crippen MR) is 84.3 cm³/mol. The second-order valence-electron chi connectivity index (χ2n) is 4.48. The van der Waals surface area contributed by atoms with Crippen LogP contribution in [0.15, 0.2) is 22.7 Å². The fourth-order valence-electron chi connectivity index (χ4n) is 1.87. The molecule has 0 aliphatic heterocycles. The first-order chi connectivity index (χ1) is 9.65. The maximum Gasteiger partial charge on any atom is 0.148 e. The molecule has 1 unspecified atom stereocenters. The van der Waals surface area contributed by atoms with Crippen molar-refractivity contribution in [2.24, 2.45) is 0 Å². The van der Waals surface area contributed by atoms with Crippen LogP contribution in [0.4, 0.5) is 4.39 Å². The Bertz CT molecular complexity index is 573. The molecule has 0 fully saturated rings. The molecule has 2 aromatic rings. The monoisotopic (exact) mass is 357 g/mol. The lowest BCUT2D eigenvalue weighted by Crippen LogP contribution is -2.21. The van der Waals surface area contributed by atoms with Crippen LogP contribution < -0.4 is 5.32 Å². The zero-order chi connectivity index (χ0) is 14.5. The van der Waals surface area contributed by atoms with E-state index in [1.165, 1.54) is 12.1 Å². The van der Waals surface area contributed by atoms with E-state index in [4.69, 9.17) is 0 Å². The van der Waals surface area contributed by atoms with Crippen molar-refractivity contribution >= 4 is 27.3 Å². The molecule has 6 heteroatoms. The molecule has 0 saturated carbocycles. The maximum absolute atomic E-state index is 13.1. The molecule has 0 spiro atoms. The smallest absolute Gasteiger partial charge is 0.148 e. The third kappa shape index (κ3) is 3.62. The minimum atomic E-state index is -0.263. The number of hydrogen-bond donors (Lipinski definition) is 1. The summed E-state index contributed by atoms with van der Waals surface area (Å²) in [5.41, 5.74) is 0.875. The minimum absolute atomic E-state index is 0.237. The van der Waals surface area contributed by atoms with Crippen LogP contribution >= 0.6 is 27.3 Å². The molecular weight excluding hydrogens is 341 g/mol. The molecule has 1 heterocycles. The highest BCUT2D eigenvalue weighted by molar-refractivity contribution is 9.10. The molecule has 108 valence electrons. The van der Waals surface area contributed by atoms with E-state index in [9.17, 15) is 4.39 Å². The third-order valence-electron chi connectivity index (χ3n) is 2.95. The third-order valence-corrected chi connectivity index (χ3v) is 4.68. The number of halogens is 2. The van der Waals surface area contributed by atoms with Gasteiger partial charge in [-0.15, -0.1) is 10.2 Å². The summed E-state index contributed by atoms with van der Waals surface area (Å²) in [6.45, 7) is 5.23. The number of benzene rings is 1. The summed E-state index contributed by atoms with van der Waals surface area (Å²) in [4.78, 5) is 0. The van der Waals surface area contributed by atoms with Gasteiger partial charge >= 0.3 is 0 Å². The highest BCUT2D eigenvalue weighted by Gasteiger charge is 2.16. The van der Waals surface area contributed by atoms with Gasteiger partial charge in [0.15, 0.2) is 0 Å². The molecule has 3 nitrogen and oxygen atoms in total. The second kappa shape index (κ2) is 7.24. The first kappa shape index (κ1) is 15.5. The van der Waals surface area contributed by atoms with Crippen LogP contribution in [0.25, 0.3) is 10.6 Å². The van der Waals surface area contributed by atoms with Crippen molar-refractivity contribution in [3.63, 3.8) is 0 Å². The summed E-state index contributed by atoms with van der Waals surface area (Å²) < 4.78 is 13.8. The van der Waals surface area contributed by atoms with Gasteiger partial charge in [-0.1, -0.05) is 25.2 Å². The average molecular weight is 358 g/mol. The summed E-state index contributed by atoms with van der Waals surface area (Å²) in [5, 5.41) is 13.7. The van der Waals surface area contributed by atoms with Crippen molar-refractivity contribution in [2.75, 3.05) is 6.54 Å². The largest absolute Gasteiger partial charge is 0.308 e. The van der Waals surface area contributed by atoms with E-state index < -0.39 is 0 Å². The van der Waals surface area contributed by atoms with Gasteiger partial charge in [-0.2, -0.15) is 0 Å². The van der Waals surface area contributed by atoms with Crippen LogP contribution in [-0.2, 0) is 0 Å². The second-order valence-corrected chi connectivity index (χ2v) is 6.35. The van der Waals surface area contributed by atoms with Crippen LogP contribution in [0.2, 0.25) is 0 Å². The Kier molecular flexibility index (Phi) is 5.63. The Hall–Kier alpha value is -0.850. The van der Waals surface area contributed by atoms with Gasteiger partial charge in [-0.3, -0.25) is 0 Å². The van der Waals surface area contributed by atoms with E-state index in [2.05, 4.69) is 45.3 Å². The van der Waals surface area contributed by atoms with Crippen molar-refractivity contribution < 1.29 is 4.39 Å². The number of nitrogens with zero attached hydrogens (tertiary/aromatic N) is 2. The average Bonchev–Trinajstić information content (AvgIpc) is 2.89. The number of hydrogen-bond acceptors (Lipinski definition) is 4. The van der Waals surface area contributed by atoms with E-state index >= 15 is 0 Å². The van der Waals surface area contributed by atoms with Gasteiger partial charge in [0, 0.05) is 10.0 Å². The highest BCUT2D eigenvalue weighted by Crippen LogP contribution is 2.33. The summed E-state index contributed by atoms with van der Waals surface area (Å²) in [7, 11) is 0. The van der Waals surface area contributed by atoms with Crippen LogP contribution in [0.1, 0.15) is 37.7 Å². The highest BCUT2D eigenvalue weighted by atomic mass is 79.9. The van der Waals surface area contributed by atoms with E-state index in [-0.39, 0.29) is 11.9 Å². The lowest BCUT2D eigenvalue weighted by molar-refractivity contribution is 0.513. The molecule has 1 aromatic heterocycles. The molecule has 2 rings (SSSR count). The fourth-order valence-corrected chi connectivity index (χ4v) is 3.58. The zero-order valence-corrected chi connectivity index (χ0v) is 13.9. The van der Waals surface area contributed by atoms with E-state index in [0.29, 0.717) is 4.47 Å². The molecule has 0 bridgehead atoms. The zero-order valence-electron chi connectivity index (χ0n) is 11.5. The van der Waals surface area contributed by atoms with Gasteiger partial charge in [-0.05, 0) is 53.5 Å². The molecule has 0 aliphatic carbocycles. The van der Waals surface area contributed by atoms with E-state index in [1.807, 2.05) is 0 Å². The van der Waals surface area contributed by atoms with Crippen molar-refractivity contribution in [2.45, 2.75) is 32.7 Å². The van der Waals surface area contributed by atoms with Crippen molar-refractivity contribution in [3.8, 4) is 10.6 Å². The van der Waals surface area contributed by atoms with Crippen molar-refractivity contribution in [1.82, 2.24) is 15.5 Å². The first-order valence-electron chi connectivity index (χ1n) is 6.67. The topological polar surface area (TPSA) is 37.8 Å². The van der Waals surface area contributed by atoms with Gasteiger partial charge in [0.25, 0.3) is 0 Å². The molecular formula is C14H17BrFN3S. The van der Waals surface area contributed by atoms with Crippen molar-refractivity contribution in [3.05, 3.63) is 33.5 Å². The van der Waals surface area contributed by atoms with Crippen LogP contribution in [-0.4, -0.2) is 16.7 Å². The molecule has 1 N–H and O–H groups in total. The number of rotatable bonds is 6. The first-order valence-corrected chi connectivity index (χ1v) is 8.28. The molecule has 20 heavy (non-hydrogen) atoms. The number of nitrogens with one attached hydrogen (secondary N) is 1. The molecule has 0 saturated heterocycles. The van der Waals surface area contributed by atoms with Crippen molar-refractivity contribution in [1.29, 1.82) is 0 Å². The summed E-state index contributed by atoms with van der Waals surface area (Å²) in [6, 6.07) is 4.85. The molecule has 1 atom stereocenters. The standard InChI is InChI=1S/C14H17BrFN3S/c1-3-7-17-12(4-2)14-19-18-13(20-14)10-6-5-9(16)8-11(10)15/h5-6,8,12,17H,3-4,7H2,1-2H3. The lowest BCUT2D eigenvalue weighted by atomic mass is 10.2. The fraction of sp³-hybridized carbons (Fsp3) is 0.429. The Morgan fingerprint density at radius 3 is 2.80 bits per heavy atom. The molecule has 1 aromatic carbocycles. The van der Waals surface area contributed by atoms with Gasteiger partial charge in [0.05, 0.1) is 6.04 Å². The Labute approximate surface area is 130 Å². The van der Waals surface area contributed by atoms with Crippen LogP contribution in [0.5, 0.6) is 0 Å². The van der Waals surface area contributed by atoms with E-state index in [0.717, 1.165) is 35.0 Å². The Morgan fingerprint density at radius 2 is 2.15 bits per heavy atom. The van der Waals surface area contributed by atoms with Gasteiger partial charge in [0.1, 0.15) is 15.8 Å². The lowest BCUT2D eigenvalue weighted by Gasteiger charge is -2.12. The Morgan fingerprint density at radius 1 is 1.35 bits per heavy atom. The minimum Gasteiger partial charge on any atom is -0.308 e. The summed E-state index contributed by atoms with van der Waals surface area (Å²) in [5.74, 6) is -0.263. The number of aromatic nitrogens is 2. The van der Waals surface area contributed by atoms with Gasteiger partial charge in [-0.25, -0.2) is 4.39 Å². The summed E-state index contributed by atoms with van der Waals surface area (Å²) >= 11 is 4.92.